The molecule has 0 aliphatic carbocycles. The Morgan fingerprint density at radius 1 is 1.26 bits per heavy atom. The molecule has 1 fully saturated rings. The molecule has 0 saturated carbocycles. The van der Waals surface area contributed by atoms with E-state index in [1.165, 1.54) is 17.0 Å². The number of benzene rings is 1. The molecule has 1 heterocycles. The lowest BCUT2D eigenvalue weighted by molar-refractivity contribution is -0.139. The lowest BCUT2D eigenvalue weighted by Crippen LogP contribution is -2.30. The van der Waals surface area contributed by atoms with Crippen LogP contribution in [0.5, 0.6) is 0 Å². The number of nitrogens with one attached hydrogen (secondary N) is 1. The van der Waals surface area contributed by atoms with Crippen LogP contribution in [0.3, 0.4) is 0 Å². The Labute approximate surface area is 134 Å². The molecule has 1 aliphatic heterocycles. The first-order valence-corrected chi connectivity index (χ1v) is 7.97. The minimum Gasteiger partial charge on any atom is -0.341 e. The second-order valence-electron chi connectivity index (χ2n) is 6.14. The maximum atomic E-state index is 13.0. The van der Waals surface area contributed by atoms with Crippen molar-refractivity contribution < 1.29 is 18.0 Å². The Hall–Kier alpha value is -1.56. The Morgan fingerprint density at radius 2 is 1.91 bits per heavy atom. The van der Waals surface area contributed by atoms with Gasteiger partial charge < -0.3 is 10.2 Å². The van der Waals surface area contributed by atoms with Crippen LogP contribution >= 0.6 is 0 Å². The van der Waals surface area contributed by atoms with Gasteiger partial charge in [-0.05, 0) is 49.9 Å². The summed E-state index contributed by atoms with van der Waals surface area (Å²) in [5.74, 6) is 0.441. The number of nitrogens with zero attached hydrogens (tertiary/aromatic N) is 1. The molecule has 23 heavy (non-hydrogen) atoms. The largest absolute Gasteiger partial charge is 0.416 e. The van der Waals surface area contributed by atoms with Gasteiger partial charge in [-0.25, -0.2) is 0 Å². The number of alkyl halides is 3. The van der Waals surface area contributed by atoms with E-state index in [1.54, 1.807) is 13.1 Å². The minimum atomic E-state index is -4.39. The van der Waals surface area contributed by atoms with Gasteiger partial charge in [0.05, 0.1) is 5.56 Å². The smallest absolute Gasteiger partial charge is 0.341 e. The number of halogens is 3. The SMILES string of the molecule is CN(Cc1ccccc1C(F)(F)F)C(=O)CCC1CCNCC1. The van der Waals surface area contributed by atoms with Crippen LogP contribution in [0.2, 0.25) is 0 Å². The number of hydrogen-bond donors (Lipinski definition) is 1. The number of hydrogen-bond acceptors (Lipinski definition) is 2. The van der Waals surface area contributed by atoms with E-state index < -0.39 is 11.7 Å². The summed E-state index contributed by atoms with van der Waals surface area (Å²) in [7, 11) is 1.57. The first-order chi connectivity index (χ1) is 10.9. The average Bonchev–Trinajstić information content (AvgIpc) is 2.53. The van der Waals surface area contributed by atoms with Crippen molar-refractivity contribution >= 4 is 5.91 Å². The van der Waals surface area contributed by atoms with E-state index in [1.807, 2.05) is 0 Å². The van der Waals surface area contributed by atoms with Crippen LogP contribution in [0.25, 0.3) is 0 Å². The van der Waals surface area contributed by atoms with Gasteiger partial charge in [0.25, 0.3) is 0 Å². The van der Waals surface area contributed by atoms with Crippen LogP contribution in [0.4, 0.5) is 13.2 Å². The molecule has 2 rings (SSSR count). The lowest BCUT2D eigenvalue weighted by atomic mass is 9.93. The third-order valence-electron chi connectivity index (χ3n) is 4.38. The van der Waals surface area contributed by atoms with E-state index >= 15 is 0 Å². The molecule has 0 bridgehead atoms. The van der Waals surface area contributed by atoms with E-state index in [-0.39, 0.29) is 18.0 Å². The Kier molecular flexibility index (Phi) is 6.04. The molecule has 3 nitrogen and oxygen atoms in total. The molecule has 0 spiro atoms. The number of rotatable bonds is 5. The molecular formula is C17H23F3N2O. The molecule has 0 radical (unpaired) electrons. The number of carbonyl (C=O) groups excluding carboxylic acids is 1. The van der Waals surface area contributed by atoms with Crippen LogP contribution in [-0.2, 0) is 17.5 Å². The third-order valence-corrected chi connectivity index (χ3v) is 4.38. The van der Waals surface area contributed by atoms with Gasteiger partial charge in [0.2, 0.25) is 5.91 Å². The van der Waals surface area contributed by atoms with Crippen LogP contribution in [0, 0.1) is 5.92 Å². The Morgan fingerprint density at radius 3 is 2.57 bits per heavy atom. The molecule has 1 saturated heterocycles. The average molecular weight is 328 g/mol. The monoisotopic (exact) mass is 328 g/mol. The van der Waals surface area contributed by atoms with Gasteiger partial charge in [-0.2, -0.15) is 13.2 Å². The summed E-state index contributed by atoms with van der Waals surface area (Å²) in [5, 5.41) is 3.28. The summed E-state index contributed by atoms with van der Waals surface area (Å²) in [4.78, 5) is 13.6. The van der Waals surface area contributed by atoms with Gasteiger partial charge in [-0.15, -0.1) is 0 Å². The molecule has 128 valence electrons. The minimum absolute atomic E-state index is 0.0132. The normalized spacial score (nSPS) is 16.3. The molecule has 1 aromatic rings. The summed E-state index contributed by atoms with van der Waals surface area (Å²) in [5.41, 5.74) is -0.532. The zero-order valence-electron chi connectivity index (χ0n) is 13.3. The molecule has 6 heteroatoms. The van der Waals surface area contributed by atoms with Gasteiger partial charge in [0.1, 0.15) is 0 Å². The molecule has 1 N–H and O–H groups in total. The summed E-state index contributed by atoms with van der Waals surface area (Å²) >= 11 is 0. The second-order valence-corrected chi connectivity index (χ2v) is 6.14. The third kappa shape index (κ3) is 5.23. The van der Waals surface area contributed by atoms with Crippen molar-refractivity contribution in [3.05, 3.63) is 35.4 Å². The number of amides is 1. The topological polar surface area (TPSA) is 32.3 Å². The highest BCUT2D eigenvalue weighted by atomic mass is 19.4. The van der Waals surface area contributed by atoms with Crippen LogP contribution in [0.15, 0.2) is 24.3 Å². The van der Waals surface area contributed by atoms with Gasteiger partial charge >= 0.3 is 6.18 Å². The summed E-state index contributed by atoms with van der Waals surface area (Å²) in [6, 6.07) is 5.42. The van der Waals surface area contributed by atoms with E-state index in [9.17, 15) is 18.0 Å². The van der Waals surface area contributed by atoms with Crippen molar-refractivity contribution in [2.75, 3.05) is 20.1 Å². The summed E-state index contributed by atoms with van der Waals surface area (Å²) < 4.78 is 38.9. The fourth-order valence-corrected chi connectivity index (χ4v) is 2.97. The van der Waals surface area contributed by atoms with Crippen molar-refractivity contribution in [2.45, 2.75) is 38.4 Å². The first-order valence-electron chi connectivity index (χ1n) is 7.97. The van der Waals surface area contributed by atoms with Crippen molar-refractivity contribution in [3.63, 3.8) is 0 Å². The van der Waals surface area contributed by atoms with E-state index in [0.717, 1.165) is 38.4 Å². The standard InChI is InChI=1S/C17H23F3N2O/c1-22(16(23)7-6-13-8-10-21-11-9-13)12-14-4-2-3-5-15(14)17(18,19)20/h2-5,13,21H,6-12H2,1H3. The number of piperidine rings is 1. The van der Waals surface area contributed by atoms with Crippen LogP contribution in [-0.4, -0.2) is 30.9 Å². The molecule has 0 aromatic heterocycles. The zero-order valence-corrected chi connectivity index (χ0v) is 13.3. The van der Waals surface area contributed by atoms with E-state index in [0.29, 0.717) is 12.3 Å². The van der Waals surface area contributed by atoms with Crippen LogP contribution in [0.1, 0.15) is 36.8 Å². The van der Waals surface area contributed by atoms with Gasteiger partial charge in [0, 0.05) is 20.0 Å². The van der Waals surface area contributed by atoms with Crippen molar-refractivity contribution in [1.29, 1.82) is 0 Å². The second kappa shape index (κ2) is 7.81. The van der Waals surface area contributed by atoms with Crippen molar-refractivity contribution in [2.24, 2.45) is 5.92 Å². The predicted octanol–water partition coefficient (Wildman–Crippen LogP) is 3.44. The Balaban J connectivity index is 1.91. The Bertz CT molecular complexity index is 525. The highest BCUT2D eigenvalue weighted by Crippen LogP contribution is 2.32. The van der Waals surface area contributed by atoms with E-state index in [4.69, 9.17) is 0 Å². The van der Waals surface area contributed by atoms with Gasteiger partial charge in [-0.3, -0.25) is 4.79 Å². The number of carbonyl (C=O) groups is 1. The van der Waals surface area contributed by atoms with E-state index in [2.05, 4.69) is 5.32 Å². The fourth-order valence-electron chi connectivity index (χ4n) is 2.97. The molecule has 0 atom stereocenters. The molecule has 1 aromatic carbocycles. The quantitative estimate of drug-likeness (QED) is 0.898. The molecule has 0 unspecified atom stereocenters. The molecule has 1 amide bonds. The van der Waals surface area contributed by atoms with Gasteiger partial charge in [0.15, 0.2) is 0 Å². The predicted molar refractivity (Wildman–Crippen MR) is 82.7 cm³/mol. The summed E-state index contributed by atoms with van der Waals surface area (Å²) in [6.07, 6.45) is -1.06. The first kappa shape index (κ1) is 17.8. The highest BCUT2D eigenvalue weighted by molar-refractivity contribution is 5.75. The highest BCUT2D eigenvalue weighted by Gasteiger charge is 2.33. The zero-order chi connectivity index (χ0) is 16.9. The van der Waals surface area contributed by atoms with Crippen LogP contribution < -0.4 is 5.32 Å². The lowest BCUT2D eigenvalue weighted by Gasteiger charge is -2.24. The molecular weight excluding hydrogens is 305 g/mol. The maximum absolute atomic E-state index is 13.0. The summed E-state index contributed by atoms with van der Waals surface area (Å²) in [6.45, 7) is 1.95. The fraction of sp³-hybridized carbons (Fsp3) is 0.588. The van der Waals surface area contributed by atoms with Gasteiger partial charge in [-0.1, -0.05) is 18.2 Å². The van der Waals surface area contributed by atoms with Crippen molar-refractivity contribution in [1.82, 2.24) is 10.2 Å². The van der Waals surface area contributed by atoms with Crippen molar-refractivity contribution in [3.8, 4) is 0 Å². The maximum Gasteiger partial charge on any atom is 0.416 e. The molecule has 1 aliphatic rings.